The molecule has 0 saturated carbocycles. The molecule has 0 spiro atoms. The largest absolute Gasteiger partial charge is 0.496 e. The van der Waals surface area contributed by atoms with Gasteiger partial charge in [0, 0.05) is 42.8 Å². The summed E-state index contributed by atoms with van der Waals surface area (Å²) >= 11 is 1.36. The molecule has 1 aliphatic rings. The van der Waals surface area contributed by atoms with E-state index < -0.39 is 0 Å². The van der Waals surface area contributed by atoms with E-state index in [2.05, 4.69) is 4.99 Å². The summed E-state index contributed by atoms with van der Waals surface area (Å²) < 4.78 is 5.55. The van der Waals surface area contributed by atoms with Gasteiger partial charge in [0.25, 0.3) is 5.91 Å². The molecule has 6 heteroatoms. The zero-order chi connectivity index (χ0) is 21.8. The quantitative estimate of drug-likeness (QED) is 0.496. The monoisotopic (exact) mass is 429 g/mol. The van der Waals surface area contributed by atoms with Gasteiger partial charge in [-0.05, 0) is 54.2 Å². The van der Waals surface area contributed by atoms with Crippen LogP contribution in [0.1, 0.15) is 5.56 Å². The van der Waals surface area contributed by atoms with Crippen molar-refractivity contribution in [3.05, 3.63) is 89.3 Å². The van der Waals surface area contributed by atoms with Gasteiger partial charge in [-0.1, -0.05) is 36.4 Å². The van der Waals surface area contributed by atoms with Gasteiger partial charge < -0.3 is 9.64 Å². The van der Waals surface area contributed by atoms with E-state index in [4.69, 9.17) is 4.74 Å². The molecule has 0 radical (unpaired) electrons. The zero-order valence-electron chi connectivity index (χ0n) is 17.6. The number of carbonyl (C=O) groups excluding carboxylic acids is 1. The molecule has 0 aliphatic carbocycles. The lowest BCUT2D eigenvalue weighted by Crippen LogP contribution is -2.21. The first kappa shape index (κ1) is 20.8. The van der Waals surface area contributed by atoms with Crippen molar-refractivity contribution in [3.63, 3.8) is 0 Å². The number of para-hydroxylation sites is 2. The summed E-state index contributed by atoms with van der Waals surface area (Å²) in [4.78, 5) is 21.7. The lowest BCUT2D eigenvalue weighted by atomic mass is 10.1. The topological polar surface area (TPSA) is 45.1 Å². The molecule has 3 aromatic carbocycles. The average Bonchev–Trinajstić information content (AvgIpc) is 3.15. The summed E-state index contributed by atoms with van der Waals surface area (Å²) in [5, 5.41) is 0.623. The number of aliphatic imine (C=N–C) groups is 1. The summed E-state index contributed by atoms with van der Waals surface area (Å²) in [6, 6.07) is 25.8. The van der Waals surface area contributed by atoms with Crippen LogP contribution in [-0.2, 0) is 4.79 Å². The average molecular weight is 430 g/mol. The fourth-order valence-corrected chi connectivity index (χ4v) is 4.20. The number of carbonyl (C=O) groups is 1. The second-order valence-electron chi connectivity index (χ2n) is 7.14. The maximum Gasteiger partial charge on any atom is 0.286 e. The fraction of sp³-hybridized carbons (Fsp3) is 0.120. The third-order valence-corrected chi connectivity index (χ3v) is 5.82. The molecule has 5 nitrogen and oxygen atoms in total. The lowest BCUT2D eigenvalue weighted by molar-refractivity contribution is -0.113. The van der Waals surface area contributed by atoms with E-state index in [1.807, 2.05) is 109 Å². The van der Waals surface area contributed by atoms with Crippen LogP contribution < -0.4 is 14.5 Å². The molecular weight excluding hydrogens is 406 g/mol. The molecular formula is C25H23N3O2S. The van der Waals surface area contributed by atoms with Crippen LogP contribution in [0.15, 0.2) is 88.8 Å². The Morgan fingerprint density at radius 3 is 2.03 bits per heavy atom. The molecule has 0 atom stereocenters. The first-order valence-electron chi connectivity index (χ1n) is 9.85. The Balaban J connectivity index is 1.68. The van der Waals surface area contributed by atoms with Gasteiger partial charge >= 0.3 is 0 Å². The normalized spacial score (nSPS) is 14.5. The van der Waals surface area contributed by atoms with Crippen LogP contribution in [0.3, 0.4) is 0 Å². The van der Waals surface area contributed by atoms with E-state index in [0.29, 0.717) is 15.8 Å². The molecule has 31 heavy (non-hydrogen) atoms. The van der Waals surface area contributed by atoms with Crippen LogP contribution in [0.25, 0.3) is 6.08 Å². The Morgan fingerprint density at radius 2 is 1.48 bits per heavy atom. The van der Waals surface area contributed by atoms with E-state index in [1.165, 1.54) is 11.8 Å². The number of benzene rings is 3. The second kappa shape index (κ2) is 9.10. The number of anilines is 3. The van der Waals surface area contributed by atoms with Crippen molar-refractivity contribution in [2.24, 2.45) is 4.99 Å². The summed E-state index contributed by atoms with van der Waals surface area (Å²) in [7, 11) is 5.59. The van der Waals surface area contributed by atoms with Crippen molar-refractivity contribution >= 4 is 46.0 Å². The minimum atomic E-state index is -0.254. The van der Waals surface area contributed by atoms with E-state index >= 15 is 0 Å². The number of methoxy groups -OCH3 is 1. The van der Waals surface area contributed by atoms with Crippen molar-refractivity contribution in [2.45, 2.75) is 0 Å². The number of thioether (sulfide) groups is 1. The van der Waals surface area contributed by atoms with Crippen LogP contribution in [-0.4, -0.2) is 32.3 Å². The molecule has 0 unspecified atom stereocenters. The number of ether oxygens (including phenoxy) is 1. The smallest absolute Gasteiger partial charge is 0.286 e. The van der Waals surface area contributed by atoms with Gasteiger partial charge in [-0.25, -0.2) is 0 Å². The number of amidine groups is 1. The van der Waals surface area contributed by atoms with Crippen molar-refractivity contribution in [1.29, 1.82) is 0 Å². The SMILES string of the molecule is COc1cc(N(C)C)ccc1/C=C1/SC(N(c2ccccc2)c2ccccc2)=NC1=O. The Hall–Kier alpha value is -3.51. The van der Waals surface area contributed by atoms with Crippen molar-refractivity contribution in [2.75, 3.05) is 31.0 Å². The standard InChI is InChI=1S/C25H23N3O2S/c1-27(2)21-15-14-18(22(17-21)30-3)16-23-24(29)26-25(31-23)28(19-10-6-4-7-11-19)20-12-8-5-9-13-20/h4-17H,1-3H3/b23-16+. The first-order chi connectivity index (χ1) is 15.1. The summed E-state index contributed by atoms with van der Waals surface area (Å²) in [6.07, 6.45) is 1.84. The van der Waals surface area contributed by atoms with Crippen LogP contribution in [0.4, 0.5) is 17.1 Å². The van der Waals surface area contributed by atoms with Gasteiger partial charge in [-0.2, -0.15) is 4.99 Å². The predicted octanol–water partition coefficient (Wildman–Crippen LogP) is 5.57. The van der Waals surface area contributed by atoms with Gasteiger partial charge in [0.15, 0.2) is 5.17 Å². The molecule has 3 aromatic rings. The van der Waals surface area contributed by atoms with Crippen LogP contribution in [0.2, 0.25) is 0 Å². The van der Waals surface area contributed by atoms with Crippen molar-refractivity contribution < 1.29 is 9.53 Å². The number of rotatable bonds is 5. The maximum absolute atomic E-state index is 12.8. The number of nitrogens with zero attached hydrogens (tertiary/aromatic N) is 3. The summed E-state index contributed by atoms with van der Waals surface area (Å²) in [5.74, 6) is 0.458. The molecule has 0 saturated heterocycles. The molecule has 1 amide bonds. The van der Waals surface area contributed by atoms with Crippen molar-refractivity contribution in [1.82, 2.24) is 0 Å². The van der Waals surface area contributed by atoms with E-state index in [0.717, 1.165) is 22.6 Å². The minimum absolute atomic E-state index is 0.254. The number of amides is 1. The molecule has 1 aliphatic heterocycles. The molecule has 0 bridgehead atoms. The van der Waals surface area contributed by atoms with Gasteiger partial charge in [0.1, 0.15) is 5.75 Å². The zero-order valence-corrected chi connectivity index (χ0v) is 18.5. The minimum Gasteiger partial charge on any atom is -0.496 e. The van der Waals surface area contributed by atoms with E-state index in [1.54, 1.807) is 7.11 Å². The van der Waals surface area contributed by atoms with Gasteiger partial charge in [-0.15, -0.1) is 0 Å². The van der Waals surface area contributed by atoms with Gasteiger partial charge in [0.2, 0.25) is 0 Å². The Kier molecular flexibility index (Phi) is 6.09. The molecule has 1 heterocycles. The predicted molar refractivity (Wildman–Crippen MR) is 130 cm³/mol. The Bertz CT molecular complexity index is 1100. The van der Waals surface area contributed by atoms with E-state index in [9.17, 15) is 4.79 Å². The first-order valence-corrected chi connectivity index (χ1v) is 10.7. The summed E-state index contributed by atoms with van der Waals surface area (Å²) in [5.41, 5.74) is 3.76. The highest BCUT2D eigenvalue weighted by Gasteiger charge is 2.28. The van der Waals surface area contributed by atoms with Gasteiger partial charge in [-0.3, -0.25) is 9.69 Å². The molecule has 156 valence electrons. The number of hydrogen-bond donors (Lipinski definition) is 0. The molecule has 0 N–H and O–H groups in total. The van der Waals surface area contributed by atoms with Crippen LogP contribution in [0.5, 0.6) is 5.75 Å². The second-order valence-corrected chi connectivity index (χ2v) is 8.15. The Morgan fingerprint density at radius 1 is 0.871 bits per heavy atom. The third kappa shape index (κ3) is 4.49. The highest BCUT2D eigenvalue weighted by molar-refractivity contribution is 8.18. The molecule has 4 rings (SSSR count). The van der Waals surface area contributed by atoms with Gasteiger partial charge in [0.05, 0.1) is 12.0 Å². The number of hydrogen-bond acceptors (Lipinski definition) is 5. The lowest BCUT2D eigenvalue weighted by Gasteiger charge is -2.23. The maximum atomic E-state index is 12.8. The fourth-order valence-electron chi connectivity index (χ4n) is 3.26. The highest BCUT2D eigenvalue weighted by atomic mass is 32.2. The van der Waals surface area contributed by atoms with Crippen molar-refractivity contribution in [3.8, 4) is 5.75 Å². The highest BCUT2D eigenvalue weighted by Crippen LogP contribution is 2.38. The third-order valence-electron chi connectivity index (χ3n) is 4.85. The molecule has 0 aromatic heterocycles. The summed E-state index contributed by atoms with van der Waals surface area (Å²) in [6.45, 7) is 0. The van der Waals surface area contributed by atoms with Crippen LogP contribution in [0, 0.1) is 0 Å². The van der Waals surface area contributed by atoms with Crippen LogP contribution >= 0.6 is 11.8 Å². The molecule has 0 fully saturated rings. The Labute approximate surface area is 186 Å². The van der Waals surface area contributed by atoms with E-state index in [-0.39, 0.29) is 5.91 Å².